The van der Waals surface area contributed by atoms with E-state index in [1.165, 1.54) is 11.7 Å². The predicted octanol–water partition coefficient (Wildman–Crippen LogP) is 3.27. The van der Waals surface area contributed by atoms with Crippen LogP contribution in [0.3, 0.4) is 0 Å². The molecule has 3 aromatic rings. The lowest BCUT2D eigenvalue weighted by molar-refractivity contribution is 0.0560. The number of amides is 1. The highest BCUT2D eigenvalue weighted by atomic mass is 16.5. The van der Waals surface area contributed by atoms with Crippen molar-refractivity contribution < 1.29 is 18.8 Å². The second-order valence-corrected chi connectivity index (χ2v) is 7.42. The molecule has 2 fully saturated rings. The number of fused-ring (bicyclic) bond motifs is 1. The Morgan fingerprint density at radius 1 is 1.14 bits per heavy atom. The van der Waals surface area contributed by atoms with Gasteiger partial charge in [-0.3, -0.25) is 4.79 Å². The van der Waals surface area contributed by atoms with E-state index in [4.69, 9.17) is 14.0 Å². The molecule has 0 saturated carbocycles. The third kappa shape index (κ3) is 3.16. The molecule has 28 heavy (non-hydrogen) atoms. The first-order chi connectivity index (χ1) is 13.8. The number of aromatic nitrogens is 2. The lowest BCUT2D eigenvalue weighted by Gasteiger charge is -2.31. The van der Waals surface area contributed by atoms with E-state index in [0.717, 1.165) is 43.6 Å². The molecular formula is C21H23N3O4. The van der Waals surface area contributed by atoms with Crippen molar-refractivity contribution >= 4 is 16.8 Å². The van der Waals surface area contributed by atoms with Gasteiger partial charge in [0.1, 0.15) is 11.9 Å². The molecule has 5 rings (SSSR count). The van der Waals surface area contributed by atoms with E-state index >= 15 is 0 Å². The largest absolute Gasteiger partial charge is 0.490 e. The second kappa shape index (κ2) is 7.31. The number of benzene rings is 1. The number of nitrogens with zero attached hydrogens (tertiary/aromatic N) is 3. The van der Waals surface area contributed by atoms with Crippen LogP contribution in [0.15, 0.2) is 47.2 Å². The van der Waals surface area contributed by atoms with Gasteiger partial charge >= 0.3 is 0 Å². The Morgan fingerprint density at radius 2 is 2.04 bits per heavy atom. The van der Waals surface area contributed by atoms with Gasteiger partial charge in [-0.15, -0.1) is 0 Å². The summed E-state index contributed by atoms with van der Waals surface area (Å²) < 4.78 is 19.2. The van der Waals surface area contributed by atoms with Crippen molar-refractivity contribution in [2.24, 2.45) is 0 Å². The van der Waals surface area contributed by atoms with Crippen LogP contribution in [0.25, 0.3) is 10.9 Å². The van der Waals surface area contributed by atoms with Crippen LogP contribution in [-0.4, -0.2) is 52.9 Å². The van der Waals surface area contributed by atoms with Gasteiger partial charge in [0.15, 0.2) is 0 Å². The quantitative estimate of drug-likeness (QED) is 0.694. The summed E-state index contributed by atoms with van der Waals surface area (Å²) in [5.41, 5.74) is 1.19. The zero-order valence-corrected chi connectivity index (χ0v) is 15.6. The van der Waals surface area contributed by atoms with Crippen LogP contribution < -0.4 is 4.74 Å². The molecule has 146 valence electrons. The van der Waals surface area contributed by atoms with Gasteiger partial charge in [0.25, 0.3) is 5.91 Å². The van der Waals surface area contributed by atoms with E-state index in [9.17, 15) is 4.79 Å². The summed E-state index contributed by atoms with van der Waals surface area (Å²) in [6.07, 6.45) is 6.37. The average molecular weight is 381 g/mol. The predicted molar refractivity (Wildman–Crippen MR) is 102 cm³/mol. The normalized spacial score (nSPS) is 20.7. The maximum Gasteiger partial charge on any atom is 0.292 e. The van der Waals surface area contributed by atoms with Crippen molar-refractivity contribution in [3.63, 3.8) is 0 Å². The molecule has 1 amide bonds. The first-order valence-electron chi connectivity index (χ1n) is 9.83. The zero-order chi connectivity index (χ0) is 18.9. The fraction of sp³-hybridized carbons (Fsp3) is 0.429. The molecule has 7 nitrogen and oxygen atoms in total. The highest BCUT2D eigenvalue weighted by Gasteiger charge is 2.27. The molecule has 4 heterocycles. The van der Waals surface area contributed by atoms with E-state index in [0.29, 0.717) is 24.9 Å². The van der Waals surface area contributed by atoms with Gasteiger partial charge < -0.3 is 23.5 Å². The third-order valence-corrected chi connectivity index (χ3v) is 5.69. The molecule has 2 aromatic heterocycles. The number of hydrogen-bond acceptors (Lipinski definition) is 5. The monoisotopic (exact) mass is 381 g/mol. The Hall–Kier alpha value is -2.80. The molecule has 0 bridgehead atoms. The molecule has 2 aliphatic rings. The summed E-state index contributed by atoms with van der Waals surface area (Å²) >= 11 is 0. The maximum atomic E-state index is 12.4. The summed E-state index contributed by atoms with van der Waals surface area (Å²) in [6.45, 7) is 2.90. The summed E-state index contributed by atoms with van der Waals surface area (Å²) in [4.78, 5) is 14.2. The fourth-order valence-corrected chi connectivity index (χ4v) is 4.16. The van der Waals surface area contributed by atoms with Crippen LogP contribution in [0.5, 0.6) is 5.75 Å². The van der Waals surface area contributed by atoms with Crippen molar-refractivity contribution in [1.29, 1.82) is 0 Å². The van der Waals surface area contributed by atoms with Gasteiger partial charge in [0.05, 0.1) is 24.4 Å². The van der Waals surface area contributed by atoms with E-state index in [1.54, 1.807) is 11.0 Å². The molecule has 0 radical (unpaired) electrons. The topological polar surface area (TPSA) is 69.7 Å². The summed E-state index contributed by atoms with van der Waals surface area (Å²) in [7, 11) is 0. The van der Waals surface area contributed by atoms with Crippen LogP contribution in [-0.2, 0) is 4.74 Å². The fourth-order valence-electron chi connectivity index (χ4n) is 4.16. The highest BCUT2D eigenvalue weighted by Crippen LogP contribution is 2.32. The van der Waals surface area contributed by atoms with Crippen molar-refractivity contribution in [2.45, 2.75) is 31.4 Å². The van der Waals surface area contributed by atoms with Crippen molar-refractivity contribution in [3.05, 3.63) is 48.5 Å². The van der Waals surface area contributed by atoms with Crippen LogP contribution >= 0.6 is 0 Å². The molecule has 0 aliphatic carbocycles. The van der Waals surface area contributed by atoms with E-state index in [2.05, 4.69) is 28.1 Å². The minimum Gasteiger partial charge on any atom is -0.490 e. The van der Waals surface area contributed by atoms with E-state index in [-0.39, 0.29) is 12.0 Å². The summed E-state index contributed by atoms with van der Waals surface area (Å²) in [5, 5.41) is 4.75. The van der Waals surface area contributed by atoms with Crippen LogP contribution in [0.4, 0.5) is 0 Å². The lowest BCUT2D eigenvalue weighted by Crippen LogP contribution is -2.41. The Morgan fingerprint density at radius 3 is 2.79 bits per heavy atom. The Bertz CT molecular complexity index is 951. The number of carbonyl (C=O) groups is 1. The molecule has 7 heteroatoms. The van der Waals surface area contributed by atoms with E-state index in [1.807, 2.05) is 12.1 Å². The van der Waals surface area contributed by atoms with Crippen molar-refractivity contribution in [1.82, 2.24) is 14.6 Å². The van der Waals surface area contributed by atoms with Crippen molar-refractivity contribution in [2.75, 3.05) is 26.3 Å². The van der Waals surface area contributed by atoms with Gasteiger partial charge in [-0.05, 0) is 24.6 Å². The molecule has 1 aromatic carbocycles. The first-order valence-corrected chi connectivity index (χ1v) is 9.83. The number of ether oxygens (including phenoxy) is 2. The SMILES string of the molecule is O=C(c1ccno1)N1CCC(Oc2cccc3c2ccn3C2CCOC2)CC1. The molecule has 1 atom stereocenters. The number of likely N-dealkylation sites (tertiary alicyclic amines) is 1. The number of hydrogen-bond donors (Lipinski definition) is 0. The van der Waals surface area contributed by atoms with Gasteiger partial charge in [0.2, 0.25) is 5.76 Å². The Balaban J connectivity index is 1.27. The first kappa shape index (κ1) is 17.3. The minimum atomic E-state index is -0.103. The molecule has 0 spiro atoms. The van der Waals surface area contributed by atoms with Gasteiger partial charge in [0, 0.05) is 50.2 Å². The second-order valence-electron chi connectivity index (χ2n) is 7.42. The van der Waals surface area contributed by atoms with Gasteiger partial charge in [-0.1, -0.05) is 11.2 Å². The summed E-state index contributed by atoms with van der Waals surface area (Å²) in [5.74, 6) is 1.10. The standard InChI is InChI=1S/C21H23N3O4/c25-21(20-4-9-22-28-20)23-10-5-16(6-11-23)27-19-3-1-2-18-17(19)7-12-24(18)15-8-13-26-14-15/h1-4,7,9,12,15-16H,5-6,8,10-11,13-14H2. The molecule has 0 N–H and O–H groups in total. The van der Waals surface area contributed by atoms with Crippen LogP contribution in [0.2, 0.25) is 0 Å². The molecule has 1 unspecified atom stereocenters. The number of carbonyl (C=O) groups excluding carboxylic acids is 1. The van der Waals surface area contributed by atoms with Crippen molar-refractivity contribution in [3.8, 4) is 5.75 Å². The number of piperidine rings is 1. The number of rotatable bonds is 4. The summed E-state index contributed by atoms with van der Waals surface area (Å²) in [6, 6.07) is 10.4. The maximum absolute atomic E-state index is 12.4. The Labute approximate surface area is 162 Å². The lowest BCUT2D eigenvalue weighted by atomic mass is 10.1. The zero-order valence-electron chi connectivity index (χ0n) is 15.6. The van der Waals surface area contributed by atoms with Crippen LogP contribution in [0.1, 0.15) is 35.9 Å². The smallest absolute Gasteiger partial charge is 0.292 e. The molecular weight excluding hydrogens is 358 g/mol. The Kier molecular flexibility index (Phi) is 4.52. The minimum absolute atomic E-state index is 0.0996. The van der Waals surface area contributed by atoms with Crippen LogP contribution in [0, 0.1) is 0 Å². The highest BCUT2D eigenvalue weighted by molar-refractivity contribution is 5.91. The van der Waals surface area contributed by atoms with E-state index < -0.39 is 0 Å². The average Bonchev–Trinajstić information content (AvgIpc) is 3.49. The molecule has 2 saturated heterocycles. The van der Waals surface area contributed by atoms with Gasteiger partial charge in [-0.2, -0.15) is 0 Å². The third-order valence-electron chi connectivity index (χ3n) is 5.69. The van der Waals surface area contributed by atoms with Gasteiger partial charge in [-0.25, -0.2) is 0 Å². The molecule has 2 aliphatic heterocycles.